The lowest BCUT2D eigenvalue weighted by atomic mass is 10.0. The summed E-state index contributed by atoms with van der Waals surface area (Å²) in [5.41, 5.74) is 0.568. The number of hydrogen-bond acceptors (Lipinski definition) is 5. The van der Waals surface area contributed by atoms with Gasteiger partial charge in [-0.15, -0.1) is 0 Å². The summed E-state index contributed by atoms with van der Waals surface area (Å²) in [4.78, 5) is 0.124. The SMILES string of the molecule is COC1(CNC(C)c2cccc(S(N)(=O)=O)c2)CCOC1. The van der Waals surface area contributed by atoms with Gasteiger partial charge in [-0.25, -0.2) is 13.6 Å². The van der Waals surface area contributed by atoms with Crippen molar-refractivity contribution in [3.05, 3.63) is 29.8 Å². The molecule has 1 aliphatic rings. The molecule has 0 radical (unpaired) electrons. The van der Waals surface area contributed by atoms with E-state index in [4.69, 9.17) is 14.6 Å². The van der Waals surface area contributed by atoms with Crippen molar-refractivity contribution < 1.29 is 17.9 Å². The molecule has 0 spiro atoms. The van der Waals surface area contributed by atoms with Crippen molar-refractivity contribution in [3.8, 4) is 0 Å². The van der Waals surface area contributed by atoms with Gasteiger partial charge in [-0.2, -0.15) is 0 Å². The average Bonchev–Trinajstić information content (AvgIpc) is 2.93. The van der Waals surface area contributed by atoms with E-state index in [-0.39, 0.29) is 16.5 Å². The Hall–Kier alpha value is -0.990. The number of benzene rings is 1. The molecule has 1 aromatic carbocycles. The number of hydrogen-bond donors (Lipinski definition) is 2. The zero-order valence-corrected chi connectivity index (χ0v) is 13.2. The van der Waals surface area contributed by atoms with Gasteiger partial charge in [0.05, 0.1) is 11.5 Å². The van der Waals surface area contributed by atoms with Crippen molar-refractivity contribution in [3.63, 3.8) is 0 Å². The second-order valence-electron chi connectivity index (χ2n) is 5.41. The van der Waals surface area contributed by atoms with Crippen molar-refractivity contribution in [1.82, 2.24) is 5.32 Å². The fourth-order valence-electron chi connectivity index (χ4n) is 2.38. The van der Waals surface area contributed by atoms with E-state index in [1.54, 1.807) is 19.2 Å². The standard InChI is InChI=1S/C14H22N2O4S/c1-11(16-9-14(19-2)6-7-20-10-14)12-4-3-5-13(8-12)21(15,17)18/h3-5,8,11,16H,6-7,9-10H2,1-2H3,(H2,15,17,18). The van der Waals surface area contributed by atoms with Crippen LogP contribution in [0.1, 0.15) is 24.9 Å². The summed E-state index contributed by atoms with van der Waals surface area (Å²) in [5.74, 6) is 0. The first-order chi connectivity index (χ1) is 9.86. The highest BCUT2D eigenvalue weighted by Crippen LogP contribution is 2.23. The van der Waals surface area contributed by atoms with Gasteiger partial charge in [0.25, 0.3) is 0 Å². The van der Waals surface area contributed by atoms with Crippen LogP contribution >= 0.6 is 0 Å². The van der Waals surface area contributed by atoms with Crippen LogP contribution in [-0.4, -0.2) is 40.9 Å². The zero-order chi connectivity index (χ0) is 15.5. The van der Waals surface area contributed by atoms with Gasteiger partial charge < -0.3 is 14.8 Å². The minimum atomic E-state index is -3.68. The molecule has 0 amide bonds. The summed E-state index contributed by atoms with van der Waals surface area (Å²) in [6.45, 7) is 3.89. The largest absolute Gasteiger partial charge is 0.378 e. The third-order valence-corrected chi connectivity index (χ3v) is 4.83. The lowest BCUT2D eigenvalue weighted by Crippen LogP contribution is -2.43. The normalized spacial score (nSPS) is 24.1. The molecule has 1 aromatic rings. The molecule has 118 valence electrons. The molecule has 7 heteroatoms. The van der Waals surface area contributed by atoms with Crippen molar-refractivity contribution >= 4 is 10.0 Å². The van der Waals surface area contributed by atoms with E-state index in [2.05, 4.69) is 5.32 Å². The van der Waals surface area contributed by atoms with Crippen LogP contribution in [0.3, 0.4) is 0 Å². The number of primary sulfonamides is 1. The van der Waals surface area contributed by atoms with Gasteiger partial charge in [-0.1, -0.05) is 12.1 Å². The Morgan fingerprint density at radius 3 is 2.86 bits per heavy atom. The van der Waals surface area contributed by atoms with Gasteiger partial charge >= 0.3 is 0 Å². The summed E-state index contributed by atoms with van der Waals surface area (Å²) in [6.07, 6.45) is 0.848. The molecule has 0 aliphatic carbocycles. The Kier molecular flexibility index (Phi) is 5.00. The summed E-state index contributed by atoms with van der Waals surface area (Å²) in [7, 11) is -2.00. The van der Waals surface area contributed by atoms with Gasteiger partial charge in [0, 0.05) is 32.7 Å². The van der Waals surface area contributed by atoms with Crippen molar-refractivity contribution in [1.29, 1.82) is 0 Å². The van der Waals surface area contributed by atoms with Crippen molar-refractivity contribution in [2.75, 3.05) is 26.9 Å². The number of sulfonamides is 1. The first-order valence-corrected chi connectivity index (χ1v) is 8.40. The Bertz CT molecular complexity index is 582. The van der Waals surface area contributed by atoms with Crippen LogP contribution in [0, 0.1) is 0 Å². The zero-order valence-electron chi connectivity index (χ0n) is 12.3. The summed E-state index contributed by atoms with van der Waals surface area (Å²) >= 11 is 0. The molecule has 2 unspecified atom stereocenters. The minimum Gasteiger partial charge on any atom is -0.378 e. The Morgan fingerprint density at radius 2 is 2.29 bits per heavy atom. The quantitative estimate of drug-likeness (QED) is 0.810. The lowest BCUT2D eigenvalue weighted by Gasteiger charge is -2.28. The number of methoxy groups -OCH3 is 1. The monoisotopic (exact) mass is 314 g/mol. The van der Waals surface area contributed by atoms with Crippen LogP contribution in [-0.2, 0) is 19.5 Å². The Balaban J connectivity index is 2.05. The predicted molar refractivity (Wildman–Crippen MR) is 79.4 cm³/mol. The maximum absolute atomic E-state index is 11.4. The van der Waals surface area contributed by atoms with Crippen LogP contribution in [0.15, 0.2) is 29.2 Å². The van der Waals surface area contributed by atoms with Gasteiger partial charge in [-0.05, 0) is 24.6 Å². The van der Waals surface area contributed by atoms with Crippen LogP contribution in [0.5, 0.6) is 0 Å². The van der Waals surface area contributed by atoms with Crippen molar-refractivity contribution in [2.45, 2.75) is 29.9 Å². The second-order valence-corrected chi connectivity index (χ2v) is 6.97. The summed E-state index contributed by atoms with van der Waals surface area (Å²) in [6, 6.07) is 6.64. The third-order valence-electron chi connectivity index (χ3n) is 3.92. The highest BCUT2D eigenvalue weighted by Gasteiger charge is 2.34. The smallest absolute Gasteiger partial charge is 0.238 e. The van der Waals surface area contributed by atoms with E-state index < -0.39 is 10.0 Å². The van der Waals surface area contributed by atoms with Gasteiger partial charge in [-0.3, -0.25) is 0 Å². The molecule has 0 saturated carbocycles. The van der Waals surface area contributed by atoms with Crippen LogP contribution in [0.25, 0.3) is 0 Å². The van der Waals surface area contributed by atoms with Gasteiger partial charge in [0.1, 0.15) is 5.60 Å². The molecular formula is C14H22N2O4S. The van der Waals surface area contributed by atoms with E-state index in [0.717, 1.165) is 12.0 Å². The topological polar surface area (TPSA) is 90.6 Å². The molecule has 2 atom stereocenters. The number of nitrogens with two attached hydrogens (primary N) is 1. The molecule has 1 aliphatic heterocycles. The Labute approximate surface area is 125 Å². The second kappa shape index (κ2) is 6.41. The van der Waals surface area contributed by atoms with Crippen LogP contribution < -0.4 is 10.5 Å². The molecule has 0 aromatic heterocycles. The predicted octanol–water partition coefficient (Wildman–Crippen LogP) is 0.790. The van der Waals surface area contributed by atoms with Crippen LogP contribution in [0.4, 0.5) is 0 Å². The number of nitrogens with one attached hydrogen (secondary N) is 1. The first-order valence-electron chi connectivity index (χ1n) is 6.85. The van der Waals surface area contributed by atoms with Crippen LogP contribution in [0.2, 0.25) is 0 Å². The Morgan fingerprint density at radius 1 is 1.52 bits per heavy atom. The molecule has 6 nitrogen and oxygen atoms in total. The molecular weight excluding hydrogens is 292 g/mol. The van der Waals surface area contributed by atoms with E-state index in [1.165, 1.54) is 6.07 Å². The van der Waals surface area contributed by atoms with Gasteiger partial charge in [0.2, 0.25) is 10.0 Å². The van der Waals surface area contributed by atoms with E-state index in [9.17, 15) is 8.42 Å². The number of ether oxygens (including phenoxy) is 2. The first kappa shape index (κ1) is 16.4. The van der Waals surface area contributed by atoms with Crippen molar-refractivity contribution in [2.24, 2.45) is 5.14 Å². The highest BCUT2D eigenvalue weighted by atomic mass is 32.2. The molecule has 0 bridgehead atoms. The molecule has 1 fully saturated rings. The lowest BCUT2D eigenvalue weighted by molar-refractivity contribution is -0.0172. The fraction of sp³-hybridized carbons (Fsp3) is 0.571. The number of rotatable bonds is 6. The van der Waals surface area contributed by atoms with Gasteiger partial charge in [0.15, 0.2) is 0 Å². The van der Waals surface area contributed by atoms with E-state index in [1.807, 2.05) is 13.0 Å². The molecule has 1 saturated heterocycles. The third kappa shape index (κ3) is 4.02. The summed E-state index contributed by atoms with van der Waals surface area (Å²) < 4.78 is 33.7. The minimum absolute atomic E-state index is 0.0145. The average molecular weight is 314 g/mol. The highest BCUT2D eigenvalue weighted by molar-refractivity contribution is 7.89. The fourth-order valence-corrected chi connectivity index (χ4v) is 2.95. The maximum atomic E-state index is 11.4. The molecule has 1 heterocycles. The van der Waals surface area contributed by atoms with E-state index >= 15 is 0 Å². The molecule has 3 N–H and O–H groups in total. The molecule has 21 heavy (non-hydrogen) atoms. The molecule has 2 rings (SSSR count). The summed E-state index contributed by atoms with van der Waals surface area (Å²) in [5, 5.41) is 8.53. The maximum Gasteiger partial charge on any atom is 0.238 e. The van der Waals surface area contributed by atoms with E-state index in [0.29, 0.717) is 19.8 Å².